The molecule has 0 atom stereocenters. The second-order valence-corrected chi connectivity index (χ2v) is 10.3. The van der Waals surface area contributed by atoms with E-state index >= 15 is 0 Å². The zero-order chi connectivity index (χ0) is 25.5. The molecule has 3 aromatic rings. The highest BCUT2D eigenvalue weighted by molar-refractivity contribution is 7.18. The molecular formula is C24H24F3N3O4S. The number of pyridine rings is 1. The van der Waals surface area contributed by atoms with E-state index in [9.17, 15) is 33.0 Å². The number of hydrogen-bond acceptors (Lipinski definition) is 6. The first-order valence-electron chi connectivity index (χ1n) is 11.1. The highest BCUT2D eigenvalue weighted by Gasteiger charge is 2.33. The molecule has 11 heteroatoms. The van der Waals surface area contributed by atoms with E-state index in [1.54, 1.807) is 12.1 Å². The van der Waals surface area contributed by atoms with Gasteiger partial charge in [0.15, 0.2) is 0 Å². The van der Waals surface area contributed by atoms with Crippen molar-refractivity contribution in [3.05, 3.63) is 52.3 Å². The zero-order valence-corrected chi connectivity index (χ0v) is 19.8. The summed E-state index contributed by atoms with van der Waals surface area (Å²) in [5, 5.41) is 23.4. The maximum Gasteiger partial charge on any atom is 0.433 e. The molecule has 1 amide bonds. The Morgan fingerprint density at radius 1 is 1.09 bits per heavy atom. The van der Waals surface area contributed by atoms with Gasteiger partial charge in [0.25, 0.3) is 5.91 Å². The normalized spacial score (nSPS) is 19.0. The van der Waals surface area contributed by atoms with Gasteiger partial charge in [0.1, 0.15) is 11.4 Å². The molecule has 0 aliphatic heterocycles. The average Bonchev–Trinajstić information content (AvgIpc) is 3.20. The molecule has 1 aliphatic rings. The van der Waals surface area contributed by atoms with E-state index in [0.717, 1.165) is 21.8 Å². The van der Waals surface area contributed by atoms with Crippen LogP contribution in [0.15, 0.2) is 30.3 Å². The number of aliphatic hydroxyl groups is 1. The number of carbonyl (C=O) groups excluding carboxylic acids is 1. The van der Waals surface area contributed by atoms with E-state index < -0.39 is 35.0 Å². The van der Waals surface area contributed by atoms with E-state index in [0.29, 0.717) is 36.8 Å². The number of carboxylic acids is 1. The summed E-state index contributed by atoms with van der Waals surface area (Å²) in [4.78, 5) is 32.1. The molecule has 186 valence electrons. The Bertz CT molecular complexity index is 1280. The second kappa shape index (κ2) is 9.19. The smallest absolute Gasteiger partial charge is 0.433 e. The predicted molar refractivity (Wildman–Crippen MR) is 124 cm³/mol. The average molecular weight is 508 g/mol. The molecule has 0 bridgehead atoms. The van der Waals surface area contributed by atoms with Crippen LogP contribution in [0.4, 0.5) is 18.9 Å². The van der Waals surface area contributed by atoms with Crippen molar-refractivity contribution in [2.75, 3.05) is 5.32 Å². The lowest BCUT2D eigenvalue weighted by molar-refractivity contribution is -0.143. The molecule has 1 aromatic carbocycles. The number of aromatic nitrogens is 2. The molecule has 0 radical (unpaired) electrons. The van der Waals surface area contributed by atoms with Crippen LogP contribution in [-0.2, 0) is 16.6 Å². The van der Waals surface area contributed by atoms with E-state index in [2.05, 4.69) is 10.3 Å². The third-order valence-corrected chi connectivity index (χ3v) is 7.33. The number of thiazole rings is 1. The van der Waals surface area contributed by atoms with Crippen LogP contribution in [0.2, 0.25) is 0 Å². The molecule has 3 N–H and O–H groups in total. The van der Waals surface area contributed by atoms with Gasteiger partial charge in [-0.15, -0.1) is 11.3 Å². The number of anilines is 1. The number of rotatable bonds is 5. The number of nitrogens with one attached hydrogen (secondary N) is 1. The molecule has 0 spiro atoms. The van der Waals surface area contributed by atoms with Crippen molar-refractivity contribution >= 4 is 39.1 Å². The van der Waals surface area contributed by atoms with Gasteiger partial charge in [0.2, 0.25) is 0 Å². The number of benzene rings is 1. The third kappa shape index (κ3) is 5.46. The molecule has 1 aliphatic carbocycles. The SMILES string of the molecule is CC(C)(O)c1cc2nc([C@H]3CC[C@H](C(=O)O)CC3)sc2cc1NC(=O)c1cccc(C(F)(F)F)n1. The van der Waals surface area contributed by atoms with Gasteiger partial charge in [-0.3, -0.25) is 9.59 Å². The Morgan fingerprint density at radius 3 is 2.37 bits per heavy atom. The largest absolute Gasteiger partial charge is 0.481 e. The van der Waals surface area contributed by atoms with Crippen molar-refractivity contribution in [3.8, 4) is 0 Å². The van der Waals surface area contributed by atoms with Crippen molar-refractivity contribution in [1.29, 1.82) is 0 Å². The topological polar surface area (TPSA) is 112 Å². The van der Waals surface area contributed by atoms with Crippen LogP contribution in [0.3, 0.4) is 0 Å². The van der Waals surface area contributed by atoms with E-state index in [-0.39, 0.29) is 17.5 Å². The molecule has 1 fully saturated rings. The predicted octanol–water partition coefficient (Wildman–Crippen LogP) is 5.55. The zero-order valence-electron chi connectivity index (χ0n) is 19.0. The van der Waals surface area contributed by atoms with Crippen LogP contribution >= 0.6 is 11.3 Å². The number of aliphatic carboxylic acids is 1. The summed E-state index contributed by atoms with van der Waals surface area (Å²) in [6.07, 6.45) is -2.11. The van der Waals surface area contributed by atoms with Crippen molar-refractivity contribution in [2.24, 2.45) is 5.92 Å². The fourth-order valence-electron chi connectivity index (χ4n) is 4.27. The summed E-state index contributed by atoms with van der Waals surface area (Å²) >= 11 is 1.42. The van der Waals surface area contributed by atoms with Crippen molar-refractivity contribution in [2.45, 2.75) is 57.2 Å². The number of nitrogens with zero attached hydrogens (tertiary/aromatic N) is 2. The van der Waals surface area contributed by atoms with Crippen molar-refractivity contribution in [3.63, 3.8) is 0 Å². The molecule has 2 heterocycles. The van der Waals surface area contributed by atoms with Gasteiger partial charge in [-0.1, -0.05) is 6.07 Å². The summed E-state index contributed by atoms with van der Waals surface area (Å²) < 4.78 is 39.8. The first-order valence-corrected chi connectivity index (χ1v) is 11.9. The van der Waals surface area contributed by atoms with Gasteiger partial charge >= 0.3 is 12.1 Å². The van der Waals surface area contributed by atoms with Gasteiger partial charge in [-0.25, -0.2) is 9.97 Å². The number of hydrogen-bond donors (Lipinski definition) is 3. The Balaban J connectivity index is 1.65. The number of amides is 1. The molecule has 0 saturated heterocycles. The Hall–Kier alpha value is -3.05. The highest BCUT2D eigenvalue weighted by atomic mass is 32.1. The van der Waals surface area contributed by atoms with Crippen LogP contribution in [-0.4, -0.2) is 32.1 Å². The molecule has 1 saturated carbocycles. The highest BCUT2D eigenvalue weighted by Crippen LogP contribution is 2.41. The quantitative estimate of drug-likeness (QED) is 0.418. The lowest BCUT2D eigenvalue weighted by Gasteiger charge is -2.24. The summed E-state index contributed by atoms with van der Waals surface area (Å²) in [5.74, 6) is -1.83. The molecule has 2 aromatic heterocycles. The van der Waals surface area contributed by atoms with Gasteiger partial charge in [-0.05, 0) is 63.8 Å². The van der Waals surface area contributed by atoms with Crippen LogP contribution in [0, 0.1) is 5.92 Å². The summed E-state index contributed by atoms with van der Waals surface area (Å²) in [6.45, 7) is 3.07. The number of alkyl halides is 3. The summed E-state index contributed by atoms with van der Waals surface area (Å²) in [7, 11) is 0. The van der Waals surface area contributed by atoms with Crippen LogP contribution in [0.1, 0.15) is 72.2 Å². The third-order valence-electron chi connectivity index (χ3n) is 6.15. The minimum Gasteiger partial charge on any atom is -0.481 e. The first kappa shape index (κ1) is 25.1. The Labute approximate surface area is 203 Å². The van der Waals surface area contributed by atoms with Crippen molar-refractivity contribution < 1.29 is 33.0 Å². The molecule has 7 nitrogen and oxygen atoms in total. The summed E-state index contributed by atoms with van der Waals surface area (Å²) in [5.41, 5.74) is -1.72. The van der Waals surface area contributed by atoms with Crippen molar-refractivity contribution in [1.82, 2.24) is 9.97 Å². The van der Waals surface area contributed by atoms with E-state index in [1.807, 2.05) is 0 Å². The molecule has 4 rings (SSSR count). The monoisotopic (exact) mass is 507 g/mol. The van der Waals surface area contributed by atoms with Gasteiger partial charge in [0, 0.05) is 17.2 Å². The van der Waals surface area contributed by atoms with Gasteiger partial charge in [-0.2, -0.15) is 13.2 Å². The van der Waals surface area contributed by atoms with E-state index in [4.69, 9.17) is 4.98 Å². The second-order valence-electron chi connectivity index (χ2n) is 9.22. The molecular weight excluding hydrogens is 483 g/mol. The lowest BCUT2D eigenvalue weighted by Crippen LogP contribution is -2.22. The number of fused-ring (bicyclic) bond motifs is 1. The van der Waals surface area contributed by atoms with Gasteiger partial charge in [0.05, 0.1) is 26.7 Å². The van der Waals surface area contributed by atoms with Crippen LogP contribution in [0.5, 0.6) is 0 Å². The minimum absolute atomic E-state index is 0.126. The first-order chi connectivity index (χ1) is 16.3. The standard InChI is InChI=1S/C24H24F3N3O4S/c1-23(2,34)14-10-17-18(35-21(30-17)12-6-8-13(9-7-12)22(32)33)11-16(14)29-20(31)15-4-3-5-19(28-15)24(25,26)27/h3-5,10-13,34H,6-9H2,1-2H3,(H,29,31)(H,32,33)/t12-,13-. The summed E-state index contributed by atoms with van der Waals surface area (Å²) in [6, 6.07) is 6.39. The van der Waals surface area contributed by atoms with E-state index in [1.165, 1.54) is 31.3 Å². The number of carboxylic acid groups (broad SMARTS) is 1. The maximum absolute atomic E-state index is 13.0. The number of halogens is 3. The fourth-order valence-corrected chi connectivity index (χ4v) is 5.43. The molecule has 0 unspecified atom stereocenters. The fraction of sp³-hybridized carbons (Fsp3) is 0.417. The van der Waals surface area contributed by atoms with Gasteiger partial charge < -0.3 is 15.5 Å². The Kier molecular flexibility index (Phi) is 6.58. The van der Waals surface area contributed by atoms with Crippen LogP contribution < -0.4 is 5.32 Å². The number of carbonyl (C=O) groups is 2. The molecule has 35 heavy (non-hydrogen) atoms. The maximum atomic E-state index is 13.0. The Morgan fingerprint density at radius 2 is 1.77 bits per heavy atom. The van der Waals surface area contributed by atoms with Crippen LogP contribution in [0.25, 0.3) is 10.2 Å². The minimum atomic E-state index is -4.68. The lowest BCUT2D eigenvalue weighted by atomic mass is 9.82.